The summed E-state index contributed by atoms with van der Waals surface area (Å²) in [6, 6.07) is 24.2. The predicted molar refractivity (Wildman–Crippen MR) is 92.4 cm³/mol. The molecule has 3 aromatic rings. The van der Waals surface area contributed by atoms with E-state index in [1.54, 1.807) is 0 Å². The molecule has 3 rings (SSSR count). The molecule has 0 spiro atoms. The minimum absolute atomic E-state index is 0.513. The zero-order valence-electron chi connectivity index (χ0n) is 12.2. The van der Waals surface area contributed by atoms with Crippen LogP contribution in [0.5, 0.6) is 0 Å². The number of benzene rings is 3. The van der Waals surface area contributed by atoms with Crippen LogP contribution in [-0.4, -0.2) is 10.9 Å². The molecule has 0 atom stereocenters. The van der Waals surface area contributed by atoms with Crippen molar-refractivity contribution in [2.75, 3.05) is 0 Å². The average molecular weight is 287 g/mol. The van der Waals surface area contributed by atoms with Crippen molar-refractivity contribution in [1.29, 1.82) is 0 Å². The van der Waals surface area contributed by atoms with Gasteiger partial charge in [0.15, 0.2) is 0 Å². The lowest BCUT2D eigenvalue weighted by molar-refractivity contribution is 0.318. The van der Waals surface area contributed by atoms with Crippen LogP contribution < -0.4 is 0 Å². The molecule has 2 heteroatoms. The van der Waals surface area contributed by atoms with Gasteiger partial charge in [0.25, 0.3) is 0 Å². The molecule has 2 nitrogen and oxygen atoms in total. The van der Waals surface area contributed by atoms with E-state index < -0.39 is 0 Å². The molecular formula is C20H17NO. The van der Waals surface area contributed by atoms with Crippen LogP contribution >= 0.6 is 0 Å². The van der Waals surface area contributed by atoms with Gasteiger partial charge < -0.3 is 5.21 Å². The lowest BCUT2D eigenvalue weighted by atomic mass is 9.96. The lowest BCUT2D eigenvalue weighted by Gasteiger charge is -2.09. The number of nitrogens with zero attached hydrogens (tertiary/aromatic N) is 1. The SMILES string of the molecule is C=C(C/C(=N\O)c1ccccc1)c1ccc2ccccc2c1. The van der Waals surface area contributed by atoms with Crippen molar-refractivity contribution in [2.45, 2.75) is 6.42 Å². The zero-order valence-corrected chi connectivity index (χ0v) is 12.2. The first-order valence-corrected chi connectivity index (χ1v) is 7.21. The van der Waals surface area contributed by atoms with E-state index in [9.17, 15) is 5.21 Å². The second-order valence-corrected chi connectivity index (χ2v) is 5.25. The first-order chi connectivity index (χ1) is 10.8. The summed E-state index contributed by atoms with van der Waals surface area (Å²) < 4.78 is 0. The Morgan fingerprint density at radius 2 is 1.50 bits per heavy atom. The summed E-state index contributed by atoms with van der Waals surface area (Å²) in [7, 11) is 0. The van der Waals surface area contributed by atoms with Gasteiger partial charge in [0.05, 0.1) is 5.71 Å². The van der Waals surface area contributed by atoms with Crippen LogP contribution in [0.25, 0.3) is 16.3 Å². The first kappa shape index (κ1) is 14.1. The Morgan fingerprint density at radius 1 is 0.818 bits per heavy atom. The van der Waals surface area contributed by atoms with Crippen molar-refractivity contribution >= 4 is 22.1 Å². The minimum Gasteiger partial charge on any atom is -0.411 e. The Bertz CT molecular complexity index is 834. The molecular weight excluding hydrogens is 270 g/mol. The molecule has 0 amide bonds. The quantitative estimate of drug-likeness (QED) is 0.403. The lowest BCUT2D eigenvalue weighted by Crippen LogP contribution is -2.02. The molecule has 0 heterocycles. The van der Waals surface area contributed by atoms with Gasteiger partial charge in [0.2, 0.25) is 0 Å². The fraction of sp³-hybridized carbons (Fsp3) is 0.0500. The maximum atomic E-state index is 9.29. The van der Waals surface area contributed by atoms with E-state index in [2.05, 4.69) is 42.1 Å². The third kappa shape index (κ3) is 2.91. The highest BCUT2D eigenvalue weighted by Gasteiger charge is 2.08. The molecule has 0 bridgehead atoms. The molecule has 0 fully saturated rings. The summed E-state index contributed by atoms with van der Waals surface area (Å²) in [6.45, 7) is 4.15. The monoisotopic (exact) mass is 287 g/mol. The second-order valence-electron chi connectivity index (χ2n) is 5.25. The molecule has 0 aliphatic rings. The average Bonchev–Trinajstić information content (AvgIpc) is 2.59. The third-order valence-electron chi connectivity index (χ3n) is 3.77. The molecule has 3 aromatic carbocycles. The molecule has 0 aliphatic heterocycles. The van der Waals surface area contributed by atoms with Crippen molar-refractivity contribution in [3.63, 3.8) is 0 Å². The van der Waals surface area contributed by atoms with Gasteiger partial charge in [-0.25, -0.2) is 0 Å². The summed E-state index contributed by atoms with van der Waals surface area (Å²) in [5.41, 5.74) is 3.53. The van der Waals surface area contributed by atoms with Crippen molar-refractivity contribution in [1.82, 2.24) is 0 Å². The Kier molecular flexibility index (Phi) is 4.01. The van der Waals surface area contributed by atoms with Gasteiger partial charge in [0.1, 0.15) is 0 Å². The van der Waals surface area contributed by atoms with Gasteiger partial charge in [-0.3, -0.25) is 0 Å². The van der Waals surface area contributed by atoms with E-state index in [1.807, 2.05) is 42.5 Å². The number of oxime groups is 1. The summed E-state index contributed by atoms with van der Waals surface area (Å²) >= 11 is 0. The molecule has 0 radical (unpaired) electrons. The molecule has 0 saturated heterocycles. The normalized spacial score (nSPS) is 11.5. The van der Waals surface area contributed by atoms with Crippen molar-refractivity contribution in [2.24, 2.45) is 5.16 Å². The van der Waals surface area contributed by atoms with Gasteiger partial charge >= 0.3 is 0 Å². The largest absolute Gasteiger partial charge is 0.411 e. The van der Waals surface area contributed by atoms with Crippen LogP contribution in [0.4, 0.5) is 0 Å². The first-order valence-electron chi connectivity index (χ1n) is 7.21. The Labute approximate surface area is 130 Å². The van der Waals surface area contributed by atoms with Gasteiger partial charge in [0, 0.05) is 6.42 Å². The number of fused-ring (bicyclic) bond motifs is 1. The van der Waals surface area contributed by atoms with Crippen LogP contribution in [0.3, 0.4) is 0 Å². The predicted octanol–water partition coefficient (Wildman–Crippen LogP) is 5.12. The van der Waals surface area contributed by atoms with E-state index in [4.69, 9.17) is 0 Å². The molecule has 0 aliphatic carbocycles. The standard InChI is InChI=1S/C20H17NO/c1-15(13-20(21-22)17-8-3-2-4-9-17)18-12-11-16-7-5-6-10-19(16)14-18/h2-12,14,22H,1,13H2/b21-20+. The zero-order chi connectivity index (χ0) is 15.4. The number of hydrogen-bond acceptors (Lipinski definition) is 2. The molecule has 108 valence electrons. The highest BCUT2D eigenvalue weighted by Crippen LogP contribution is 2.23. The van der Waals surface area contributed by atoms with Gasteiger partial charge in [-0.05, 0) is 33.5 Å². The van der Waals surface area contributed by atoms with E-state index in [1.165, 1.54) is 10.8 Å². The van der Waals surface area contributed by atoms with E-state index >= 15 is 0 Å². The Hall–Kier alpha value is -2.87. The number of rotatable bonds is 4. The summed E-state index contributed by atoms with van der Waals surface area (Å²) in [5.74, 6) is 0. The molecule has 0 aromatic heterocycles. The number of allylic oxidation sites excluding steroid dienone is 1. The highest BCUT2D eigenvalue weighted by molar-refractivity contribution is 6.05. The summed E-state index contributed by atoms with van der Waals surface area (Å²) in [4.78, 5) is 0. The summed E-state index contributed by atoms with van der Waals surface area (Å²) in [5, 5.41) is 15.1. The smallest absolute Gasteiger partial charge is 0.0911 e. The third-order valence-corrected chi connectivity index (χ3v) is 3.77. The molecule has 0 saturated carbocycles. The molecule has 0 unspecified atom stereocenters. The van der Waals surface area contributed by atoms with Crippen LogP contribution in [0.2, 0.25) is 0 Å². The van der Waals surface area contributed by atoms with Crippen molar-refractivity contribution in [3.05, 3.63) is 90.5 Å². The van der Waals surface area contributed by atoms with Crippen LogP contribution in [0.15, 0.2) is 84.5 Å². The van der Waals surface area contributed by atoms with Crippen LogP contribution in [0, 0.1) is 0 Å². The topological polar surface area (TPSA) is 32.6 Å². The highest BCUT2D eigenvalue weighted by atomic mass is 16.4. The van der Waals surface area contributed by atoms with Crippen molar-refractivity contribution < 1.29 is 5.21 Å². The van der Waals surface area contributed by atoms with E-state index in [0.29, 0.717) is 12.1 Å². The second kappa shape index (κ2) is 6.27. The Morgan fingerprint density at radius 3 is 2.23 bits per heavy atom. The van der Waals surface area contributed by atoms with Gasteiger partial charge in [-0.2, -0.15) is 0 Å². The van der Waals surface area contributed by atoms with Gasteiger partial charge in [-0.15, -0.1) is 0 Å². The molecule has 1 N–H and O–H groups in total. The van der Waals surface area contributed by atoms with E-state index in [0.717, 1.165) is 16.7 Å². The van der Waals surface area contributed by atoms with E-state index in [-0.39, 0.29) is 0 Å². The minimum atomic E-state index is 0.513. The summed E-state index contributed by atoms with van der Waals surface area (Å²) in [6.07, 6.45) is 0.513. The number of hydrogen-bond donors (Lipinski definition) is 1. The maximum Gasteiger partial charge on any atom is 0.0911 e. The van der Waals surface area contributed by atoms with Crippen molar-refractivity contribution in [3.8, 4) is 0 Å². The molecule has 22 heavy (non-hydrogen) atoms. The van der Waals surface area contributed by atoms with Gasteiger partial charge in [-0.1, -0.05) is 78.5 Å². The fourth-order valence-electron chi connectivity index (χ4n) is 2.54. The Balaban J connectivity index is 1.86. The fourth-order valence-corrected chi connectivity index (χ4v) is 2.54. The maximum absolute atomic E-state index is 9.29. The van der Waals surface area contributed by atoms with Crippen LogP contribution in [-0.2, 0) is 0 Å². The van der Waals surface area contributed by atoms with Crippen LogP contribution in [0.1, 0.15) is 17.5 Å².